The zero-order valence-electron chi connectivity index (χ0n) is 17.5. The van der Waals surface area contributed by atoms with E-state index in [1.54, 1.807) is 0 Å². The summed E-state index contributed by atoms with van der Waals surface area (Å²) in [6.45, 7) is 2.16. The van der Waals surface area contributed by atoms with Crippen molar-refractivity contribution in [2.24, 2.45) is 0 Å². The van der Waals surface area contributed by atoms with Crippen molar-refractivity contribution in [3.8, 4) is 11.5 Å². The summed E-state index contributed by atoms with van der Waals surface area (Å²) in [4.78, 5) is 16.9. The molecule has 3 aliphatic rings. The van der Waals surface area contributed by atoms with Crippen molar-refractivity contribution < 1.29 is 18.7 Å². The van der Waals surface area contributed by atoms with Crippen LogP contribution in [-0.2, 0) is 16.8 Å². The molecule has 3 aromatic rings. The number of hydrogen-bond donors (Lipinski definition) is 2. The highest BCUT2D eigenvalue weighted by atomic mass is 35.5. The molecular weight excluding hydrogens is 435 g/mol. The molecule has 2 N–H and O–H groups in total. The van der Waals surface area contributed by atoms with E-state index >= 15 is 0 Å². The van der Waals surface area contributed by atoms with Crippen LogP contribution in [0.25, 0.3) is 0 Å². The minimum absolute atomic E-state index is 0.0119. The van der Waals surface area contributed by atoms with Gasteiger partial charge < -0.3 is 14.8 Å². The third kappa shape index (κ3) is 3.90. The number of rotatable bonds is 8. The van der Waals surface area contributed by atoms with E-state index in [0.717, 1.165) is 36.9 Å². The summed E-state index contributed by atoms with van der Waals surface area (Å²) in [5, 5.41) is 10.4. The van der Waals surface area contributed by atoms with E-state index in [1.807, 2.05) is 31.2 Å². The molecule has 1 aromatic heterocycles. The lowest BCUT2D eigenvalue weighted by atomic mass is 9.39. The van der Waals surface area contributed by atoms with Crippen molar-refractivity contribution in [3.05, 3.63) is 70.5 Å². The van der Waals surface area contributed by atoms with Gasteiger partial charge in [-0.05, 0) is 50.5 Å². The summed E-state index contributed by atoms with van der Waals surface area (Å²) in [5.41, 5.74) is 0.853. The Balaban J connectivity index is 1.09. The number of carbonyl (C=O) groups is 1. The Morgan fingerprint density at radius 2 is 1.88 bits per heavy atom. The molecule has 2 bridgehead atoms. The van der Waals surface area contributed by atoms with Crippen LogP contribution in [0.5, 0.6) is 11.5 Å². The molecule has 0 radical (unpaired) electrons. The molecule has 0 saturated heterocycles. The van der Waals surface area contributed by atoms with Gasteiger partial charge in [0.1, 0.15) is 23.9 Å². The first-order chi connectivity index (χ1) is 15.3. The number of nitrogens with one attached hydrogen (secondary N) is 2. The van der Waals surface area contributed by atoms with Crippen molar-refractivity contribution in [1.82, 2.24) is 20.5 Å². The Bertz CT molecular complexity index is 1140. The van der Waals surface area contributed by atoms with Crippen molar-refractivity contribution in [3.63, 3.8) is 0 Å². The van der Waals surface area contributed by atoms with Gasteiger partial charge in [-0.25, -0.2) is 9.37 Å². The van der Waals surface area contributed by atoms with E-state index in [2.05, 4.69) is 20.5 Å². The molecule has 0 spiro atoms. The number of benzene rings is 2. The van der Waals surface area contributed by atoms with Gasteiger partial charge in [-0.1, -0.05) is 29.3 Å². The van der Waals surface area contributed by atoms with Crippen molar-refractivity contribution >= 4 is 17.5 Å². The number of aryl methyl sites for hydroxylation is 1. The van der Waals surface area contributed by atoms with Crippen LogP contribution in [0.1, 0.15) is 36.5 Å². The Labute approximate surface area is 189 Å². The van der Waals surface area contributed by atoms with Gasteiger partial charge >= 0.3 is 0 Å². The van der Waals surface area contributed by atoms with Gasteiger partial charge in [-0.2, -0.15) is 5.10 Å². The Kier molecular flexibility index (Phi) is 5.04. The number of aromatic nitrogens is 3. The average Bonchev–Trinajstić information content (AvgIpc) is 3.19. The maximum absolute atomic E-state index is 13.5. The van der Waals surface area contributed by atoms with E-state index < -0.39 is 5.82 Å². The van der Waals surface area contributed by atoms with Gasteiger partial charge in [-0.15, -0.1) is 0 Å². The maximum Gasteiger partial charge on any atom is 0.258 e. The zero-order valence-corrected chi connectivity index (χ0v) is 18.2. The highest BCUT2D eigenvalue weighted by Crippen LogP contribution is 2.67. The maximum atomic E-state index is 13.5. The number of aromatic amines is 1. The first kappa shape index (κ1) is 20.8. The fraction of sp³-hybridized carbons (Fsp3) is 0.348. The number of halogens is 2. The standard InChI is InChI=1S/C23H22ClFN4O3/c1-14-2-4-15(5-3-14)31-9-19-26-21(29-28-19)22-11-23(12-22,13-22)27-20(30)10-32-16-6-7-17(24)18(25)8-16/h2-8H,9-13H2,1H3,(H,27,30)(H,26,28,29). The van der Waals surface area contributed by atoms with Gasteiger partial charge in [-0.3, -0.25) is 9.89 Å². The lowest BCUT2D eigenvalue weighted by Gasteiger charge is -2.69. The average molecular weight is 457 g/mol. The molecule has 32 heavy (non-hydrogen) atoms. The van der Waals surface area contributed by atoms with Crippen LogP contribution in [0, 0.1) is 12.7 Å². The largest absolute Gasteiger partial charge is 0.486 e. The van der Waals surface area contributed by atoms with Gasteiger partial charge in [0.2, 0.25) is 0 Å². The summed E-state index contributed by atoms with van der Waals surface area (Å²) in [6.07, 6.45) is 2.37. The number of ether oxygens (including phenoxy) is 2. The van der Waals surface area contributed by atoms with Gasteiger partial charge in [0.05, 0.1) is 5.02 Å². The van der Waals surface area contributed by atoms with Gasteiger partial charge in [0, 0.05) is 17.0 Å². The second-order valence-electron chi connectivity index (χ2n) is 8.71. The van der Waals surface area contributed by atoms with Crippen LogP contribution in [0.4, 0.5) is 4.39 Å². The van der Waals surface area contributed by atoms with Crippen molar-refractivity contribution in [2.45, 2.75) is 43.7 Å². The van der Waals surface area contributed by atoms with Crippen LogP contribution in [0.15, 0.2) is 42.5 Å². The van der Waals surface area contributed by atoms with E-state index in [9.17, 15) is 9.18 Å². The number of nitrogens with zero attached hydrogens (tertiary/aromatic N) is 2. The summed E-state index contributed by atoms with van der Waals surface area (Å²) in [5.74, 6) is 1.66. The minimum Gasteiger partial charge on any atom is -0.486 e. The zero-order chi connectivity index (χ0) is 22.3. The lowest BCUT2D eigenvalue weighted by molar-refractivity contribution is -0.141. The molecule has 3 saturated carbocycles. The number of carbonyl (C=O) groups excluding carboxylic acids is 1. The second-order valence-corrected chi connectivity index (χ2v) is 9.12. The van der Waals surface area contributed by atoms with E-state index in [4.69, 9.17) is 21.1 Å². The SMILES string of the molecule is Cc1ccc(OCc2nc(C34CC(NC(=O)COc5ccc(Cl)c(F)c5)(C3)C4)n[nH]2)cc1. The molecule has 0 aliphatic heterocycles. The Morgan fingerprint density at radius 1 is 1.16 bits per heavy atom. The summed E-state index contributed by atoms with van der Waals surface area (Å²) in [7, 11) is 0. The van der Waals surface area contributed by atoms with Crippen LogP contribution >= 0.6 is 11.6 Å². The first-order valence-electron chi connectivity index (χ1n) is 10.3. The quantitative estimate of drug-likeness (QED) is 0.537. The predicted molar refractivity (Wildman–Crippen MR) is 115 cm³/mol. The monoisotopic (exact) mass is 456 g/mol. The molecule has 7 nitrogen and oxygen atoms in total. The van der Waals surface area contributed by atoms with Crippen LogP contribution in [0.2, 0.25) is 5.02 Å². The Hall–Kier alpha value is -3.13. The third-order valence-electron chi connectivity index (χ3n) is 6.10. The third-order valence-corrected chi connectivity index (χ3v) is 6.41. The number of amides is 1. The van der Waals surface area contributed by atoms with Crippen LogP contribution in [-0.4, -0.2) is 33.2 Å². The molecule has 0 atom stereocenters. The van der Waals surface area contributed by atoms with E-state index in [0.29, 0.717) is 12.4 Å². The van der Waals surface area contributed by atoms with Gasteiger partial charge in [0.25, 0.3) is 5.91 Å². The number of hydrogen-bond acceptors (Lipinski definition) is 5. The molecule has 1 amide bonds. The number of H-pyrrole nitrogens is 1. The molecule has 3 aliphatic carbocycles. The predicted octanol–water partition coefficient (Wildman–Crippen LogP) is 3.85. The molecule has 1 heterocycles. The molecule has 2 aromatic carbocycles. The van der Waals surface area contributed by atoms with Crippen molar-refractivity contribution in [2.75, 3.05) is 6.61 Å². The van der Waals surface area contributed by atoms with Crippen molar-refractivity contribution in [1.29, 1.82) is 0 Å². The molecule has 3 fully saturated rings. The van der Waals surface area contributed by atoms with E-state index in [1.165, 1.54) is 17.7 Å². The van der Waals surface area contributed by atoms with Gasteiger partial charge in [0.15, 0.2) is 18.3 Å². The summed E-state index contributed by atoms with van der Waals surface area (Å²) < 4.78 is 24.6. The highest BCUT2D eigenvalue weighted by Gasteiger charge is 2.71. The molecule has 166 valence electrons. The molecule has 0 unspecified atom stereocenters. The summed E-state index contributed by atoms with van der Waals surface area (Å²) >= 11 is 5.65. The topological polar surface area (TPSA) is 89.1 Å². The normalized spacial score (nSPS) is 23.1. The molecule has 6 rings (SSSR count). The summed E-state index contributed by atoms with van der Waals surface area (Å²) in [6, 6.07) is 11.9. The second kappa shape index (κ2) is 7.78. The fourth-order valence-electron chi connectivity index (χ4n) is 4.59. The molecular formula is C23H22ClFN4O3. The highest BCUT2D eigenvalue weighted by molar-refractivity contribution is 6.30. The van der Waals surface area contributed by atoms with Crippen LogP contribution < -0.4 is 14.8 Å². The smallest absolute Gasteiger partial charge is 0.258 e. The minimum atomic E-state index is -0.582. The molecule has 9 heteroatoms. The lowest BCUT2D eigenvalue weighted by Crippen LogP contribution is -2.77. The first-order valence-corrected chi connectivity index (χ1v) is 10.7. The fourth-order valence-corrected chi connectivity index (χ4v) is 4.71. The Morgan fingerprint density at radius 3 is 2.59 bits per heavy atom. The van der Waals surface area contributed by atoms with Crippen LogP contribution in [0.3, 0.4) is 0 Å². The van der Waals surface area contributed by atoms with E-state index in [-0.39, 0.29) is 34.2 Å².